The summed E-state index contributed by atoms with van der Waals surface area (Å²) in [7, 11) is 1.55. The lowest BCUT2D eigenvalue weighted by Crippen LogP contribution is -2.23. The molecule has 0 radical (unpaired) electrons. The van der Waals surface area contributed by atoms with Gasteiger partial charge in [0.2, 0.25) is 5.91 Å². The number of carbonyl (C=O) groups is 1. The molecule has 28 heavy (non-hydrogen) atoms. The Hall–Kier alpha value is -2.51. The van der Waals surface area contributed by atoms with E-state index in [9.17, 15) is 4.79 Å². The average molecular weight is 417 g/mol. The van der Waals surface area contributed by atoms with E-state index in [-0.39, 0.29) is 11.2 Å². The number of amides is 1. The highest BCUT2D eigenvalue weighted by atomic mass is 35.5. The van der Waals surface area contributed by atoms with Crippen molar-refractivity contribution in [3.05, 3.63) is 64.9 Å². The lowest BCUT2D eigenvalue weighted by Gasteiger charge is -2.14. The normalized spacial score (nSPS) is 11.9. The number of nitrogens with one attached hydrogen (secondary N) is 1. The predicted molar refractivity (Wildman–Crippen MR) is 112 cm³/mol. The summed E-state index contributed by atoms with van der Waals surface area (Å²) in [5.41, 5.74) is 1.77. The van der Waals surface area contributed by atoms with Gasteiger partial charge in [-0.1, -0.05) is 53.7 Å². The summed E-state index contributed by atoms with van der Waals surface area (Å²) in [6, 6.07) is 15.2. The van der Waals surface area contributed by atoms with Gasteiger partial charge in [0, 0.05) is 5.69 Å². The molecule has 0 aliphatic carbocycles. The van der Waals surface area contributed by atoms with Gasteiger partial charge in [-0.15, -0.1) is 10.2 Å². The van der Waals surface area contributed by atoms with Crippen molar-refractivity contribution in [3.63, 3.8) is 0 Å². The molecule has 8 heteroatoms. The molecule has 0 saturated carbocycles. The van der Waals surface area contributed by atoms with Crippen LogP contribution in [0.4, 0.5) is 5.69 Å². The second kappa shape index (κ2) is 9.12. The number of hydrogen-bond donors (Lipinski definition) is 1. The molecular weight excluding hydrogens is 396 g/mol. The van der Waals surface area contributed by atoms with Gasteiger partial charge in [0.05, 0.1) is 23.9 Å². The minimum Gasteiger partial charge on any atom is -0.495 e. The fraction of sp³-hybridized carbons (Fsp3) is 0.250. The molecule has 0 fully saturated rings. The van der Waals surface area contributed by atoms with Crippen LogP contribution >= 0.6 is 23.4 Å². The average Bonchev–Trinajstić information content (AvgIpc) is 3.02. The maximum atomic E-state index is 12.6. The maximum Gasteiger partial charge on any atom is 0.237 e. The summed E-state index contributed by atoms with van der Waals surface area (Å²) in [5, 5.41) is 12.1. The number of ether oxygens (including phenoxy) is 1. The number of rotatable bonds is 7. The number of nitrogens with zero attached hydrogens (tertiary/aromatic N) is 3. The number of hydrogen-bond acceptors (Lipinski definition) is 5. The van der Waals surface area contributed by atoms with Crippen LogP contribution in [0.3, 0.4) is 0 Å². The summed E-state index contributed by atoms with van der Waals surface area (Å²) in [6.45, 7) is 4.40. The molecule has 0 saturated heterocycles. The van der Waals surface area contributed by atoms with Gasteiger partial charge in [-0.25, -0.2) is 0 Å². The number of methoxy groups -OCH3 is 1. The first-order valence-electron chi connectivity index (χ1n) is 8.72. The molecule has 1 unspecified atom stereocenters. The minimum absolute atomic E-state index is 0.141. The van der Waals surface area contributed by atoms with Crippen LogP contribution in [0.25, 0.3) is 0 Å². The zero-order valence-corrected chi connectivity index (χ0v) is 17.4. The molecule has 2 aromatic carbocycles. The molecular formula is C20H21ClN4O2S. The van der Waals surface area contributed by atoms with Gasteiger partial charge < -0.3 is 14.6 Å². The van der Waals surface area contributed by atoms with Crippen LogP contribution in [0.5, 0.6) is 5.75 Å². The highest BCUT2D eigenvalue weighted by Gasteiger charge is 2.20. The van der Waals surface area contributed by atoms with E-state index in [4.69, 9.17) is 16.3 Å². The van der Waals surface area contributed by atoms with Crippen LogP contribution < -0.4 is 10.1 Å². The molecule has 1 heterocycles. The molecule has 0 aliphatic rings. The molecule has 1 atom stereocenters. The SMILES string of the molecule is COc1ccc(NC(=O)C(C)Sc2nnc(C)n2Cc2ccccc2)cc1Cl. The monoisotopic (exact) mass is 416 g/mol. The second-order valence-corrected chi connectivity index (χ2v) is 7.92. The van der Waals surface area contributed by atoms with E-state index < -0.39 is 0 Å². The van der Waals surface area contributed by atoms with Gasteiger partial charge in [0.15, 0.2) is 5.16 Å². The first kappa shape index (κ1) is 20.2. The Morgan fingerprint density at radius 3 is 2.68 bits per heavy atom. The second-order valence-electron chi connectivity index (χ2n) is 6.20. The zero-order chi connectivity index (χ0) is 20.1. The first-order chi connectivity index (χ1) is 13.5. The van der Waals surface area contributed by atoms with E-state index in [1.54, 1.807) is 25.3 Å². The van der Waals surface area contributed by atoms with Crippen molar-refractivity contribution in [1.82, 2.24) is 14.8 Å². The van der Waals surface area contributed by atoms with E-state index >= 15 is 0 Å². The molecule has 0 bridgehead atoms. The lowest BCUT2D eigenvalue weighted by atomic mass is 10.2. The Labute approximate surface area is 173 Å². The summed E-state index contributed by atoms with van der Waals surface area (Å²) in [6.07, 6.45) is 0. The third-order valence-electron chi connectivity index (χ3n) is 4.16. The number of aromatic nitrogens is 3. The third kappa shape index (κ3) is 4.85. The third-order valence-corrected chi connectivity index (χ3v) is 5.53. The summed E-state index contributed by atoms with van der Waals surface area (Å²) >= 11 is 7.49. The van der Waals surface area contributed by atoms with Crippen LogP contribution in [0.1, 0.15) is 18.3 Å². The van der Waals surface area contributed by atoms with E-state index in [1.807, 2.05) is 36.6 Å². The van der Waals surface area contributed by atoms with Crippen molar-refractivity contribution in [2.75, 3.05) is 12.4 Å². The van der Waals surface area contributed by atoms with Crippen molar-refractivity contribution >= 4 is 35.0 Å². The highest BCUT2D eigenvalue weighted by Crippen LogP contribution is 2.28. The van der Waals surface area contributed by atoms with Crippen LogP contribution in [0.2, 0.25) is 5.02 Å². The molecule has 3 aromatic rings. The highest BCUT2D eigenvalue weighted by molar-refractivity contribution is 8.00. The molecule has 146 valence electrons. The van der Waals surface area contributed by atoms with E-state index in [1.165, 1.54) is 11.8 Å². The molecule has 6 nitrogen and oxygen atoms in total. The fourth-order valence-corrected chi connectivity index (χ4v) is 3.75. The van der Waals surface area contributed by atoms with Crippen molar-refractivity contribution in [3.8, 4) is 5.75 Å². The topological polar surface area (TPSA) is 69.0 Å². The number of aryl methyl sites for hydroxylation is 1. The Bertz CT molecular complexity index is 962. The van der Waals surface area contributed by atoms with Crippen molar-refractivity contribution in [1.29, 1.82) is 0 Å². The van der Waals surface area contributed by atoms with E-state index in [2.05, 4.69) is 27.6 Å². The largest absolute Gasteiger partial charge is 0.495 e. The van der Waals surface area contributed by atoms with Crippen LogP contribution in [0.15, 0.2) is 53.7 Å². The van der Waals surface area contributed by atoms with Crippen molar-refractivity contribution in [2.24, 2.45) is 0 Å². The molecule has 1 amide bonds. The maximum absolute atomic E-state index is 12.6. The number of benzene rings is 2. The van der Waals surface area contributed by atoms with E-state index in [0.717, 1.165) is 11.4 Å². The number of carbonyl (C=O) groups excluding carboxylic acids is 1. The summed E-state index contributed by atoms with van der Waals surface area (Å²) in [5.74, 6) is 1.23. The van der Waals surface area contributed by atoms with Crippen molar-refractivity contribution in [2.45, 2.75) is 30.8 Å². The minimum atomic E-state index is -0.362. The van der Waals surface area contributed by atoms with Crippen molar-refractivity contribution < 1.29 is 9.53 Å². The number of halogens is 1. The summed E-state index contributed by atoms with van der Waals surface area (Å²) < 4.78 is 7.14. The summed E-state index contributed by atoms with van der Waals surface area (Å²) in [4.78, 5) is 12.6. The van der Waals surface area contributed by atoms with Crippen LogP contribution in [-0.2, 0) is 11.3 Å². The lowest BCUT2D eigenvalue weighted by molar-refractivity contribution is -0.115. The van der Waals surface area contributed by atoms with Gasteiger partial charge in [0.1, 0.15) is 11.6 Å². The Balaban J connectivity index is 1.68. The molecule has 3 rings (SSSR count). The quantitative estimate of drug-likeness (QED) is 0.577. The Morgan fingerprint density at radius 2 is 2.00 bits per heavy atom. The fourth-order valence-electron chi connectivity index (χ4n) is 2.60. The molecule has 1 aromatic heterocycles. The van der Waals surface area contributed by atoms with Gasteiger partial charge in [-0.3, -0.25) is 4.79 Å². The van der Waals surface area contributed by atoms with Gasteiger partial charge in [0.25, 0.3) is 0 Å². The number of thioether (sulfide) groups is 1. The smallest absolute Gasteiger partial charge is 0.237 e. The Morgan fingerprint density at radius 1 is 1.25 bits per heavy atom. The standard InChI is InChI=1S/C20H21ClN4O2S/c1-13(19(26)22-16-9-10-18(27-3)17(21)11-16)28-20-24-23-14(2)25(20)12-15-7-5-4-6-8-15/h4-11,13H,12H2,1-3H3,(H,22,26). The van der Waals surface area contributed by atoms with Gasteiger partial charge in [-0.05, 0) is 37.6 Å². The van der Waals surface area contributed by atoms with Gasteiger partial charge >= 0.3 is 0 Å². The van der Waals surface area contributed by atoms with Gasteiger partial charge in [-0.2, -0.15) is 0 Å². The van der Waals surface area contributed by atoms with Crippen LogP contribution in [0, 0.1) is 6.92 Å². The van der Waals surface area contributed by atoms with E-state index in [0.29, 0.717) is 28.2 Å². The molecule has 0 spiro atoms. The zero-order valence-electron chi connectivity index (χ0n) is 15.8. The van der Waals surface area contributed by atoms with Crippen LogP contribution in [-0.4, -0.2) is 33.0 Å². The Kier molecular flexibility index (Phi) is 6.59. The number of anilines is 1. The molecule has 0 aliphatic heterocycles. The first-order valence-corrected chi connectivity index (χ1v) is 9.98. The molecule has 1 N–H and O–H groups in total. The predicted octanol–water partition coefficient (Wildman–Crippen LogP) is 4.42.